The van der Waals surface area contributed by atoms with Crippen molar-refractivity contribution in [2.75, 3.05) is 12.0 Å². The van der Waals surface area contributed by atoms with Crippen LogP contribution in [0.4, 0.5) is 5.69 Å². The Labute approximate surface area is 137 Å². The topological polar surface area (TPSA) is 132 Å². The standard InChI is InChI=1S/C15H16N4O5/c1-2-3-4-19-13(20)12(8-16-19)18-17-11-6-9(14(21)22)5-10(7-11)15(23)24/h5-8,17H,2-4H2,1H3,(H,21,22)(H,23,24). The molecule has 126 valence electrons. The molecule has 3 N–H and O–H groups in total. The molecule has 9 heteroatoms. The highest BCUT2D eigenvalue weighted by atomic mass is 16.4. The second-order valence-electron chi connectivity index (χ2n) is 5.04. The van der Waals surface area contributed by atoms with E-state index in [0.29, 0.717) is 6.54 Å². The molecule has 0 atom stereocenters. The van der Waals surface area contributed by atoms with Crippen molar-refractivity contribution in [2.45, 2.75) is 19.8 Å². The number of carboxylic acid groups (broad SMARTS) is 2. The fourth-order valence-corrected chi connectivity index (χ4v) is 1.97. The number of hydrogen-bond acceptors (Lipinski definition) is 6. The van der Waals surface area contributed by atoms with E-state index in [1.807, 2.05) is 6.92 Å². The maximum atomic E-state index is 12.0. The Morgan fingerprint density at radius 1 is 1.21 bits per heavy atom. The van der Waals surface area contributed by atoms with Crippen LogP contribution in [0.5, 0.6) is 0 Å². The number of unbranched alkanes of at least 4 members (excludes halogenated alkanes) is 1. The van der Waals surface area contributed by atoms with E-state index in [-0.39, 0.29) is 28.4 Å². The highest BCUT2D eigenvalue weighted by molar-refractivity contribution is 6.62. The molecule has 1 aliphatic rings. The van der Waals surface area contributed by atoms with Gasteiger partial charge >= 0.3 is 11.9 Å². The third kappa shape index (κ3) is 3.94. The number of nitrogens with one attached hydrogen (secondary N) is 1. The first-order valence-corrected chi connectivity index (χ1v) is 7.23. The lowest BCUT2D eigenvalue weighted by atomic mass is 10.1. The number of nitrogens with zero attached hydrogens (tertiary/aromatic N) is 3. The quantitative estimate of drug-likeness (QED) is 0.648. The first kappa shape index (κ1) is 17.1. The molecule has 0 fully saturated rings. The zero-order chi connectivity index (χ0) is 17.7. The van der Waals surface area contributed by atoms with Crippen molar-refractivity contribution in [2.24, 2.45) is 10.2 Å². The van der Waals surface area contributed by atoms with Crippen molar-refractivity contribution in [1.82, 2.24) is 5.01 Å². The molecular formula is C15H16N4O5. The maximum absolute atomic E-state index is 12.0. The number of benzene rings is 1. The summed E-state index contributed by atoms with van der Waals surface area (Å²) in [6.45, 7) is 2.48. The molecule has 0 saturated heterocycles. The molecule has 0 saturated carbocycles. The van der Waals surface area contributed by atoms with Gasteiger partial charge in [-0.25, -0.2) is 14.6 Å². The van der Waals surface area contributed by atoms with E-state index in [4.69, 9.17) is 10.2 Å². The lowest BCUT2D eigenvalue weighted by Gasteiger charge is -2.10. The van der Waals surface area contributed by atoms with E-state index in [2.05, 4.69) is 15.6 Å². The van der Waals surface area contributed by atoms with E-state index in [1.54, 1.807) is 0 Å². The summed E-state index contributed by atoms with van der Waals surface area (Å²) in [5.41, 5.74) is 2.31. The molecule has 0 aromatic heterocycles. The van der Waals surface area contributed by atoms with Gasteiger partial charge in [-0.15, -0.1) is 0 Å². The van der Waals surface area contributed by atoms with Crippen LogP contribution < -0.4 is 5.43 Å². The number of hydrogen-bond donors (Lipinski definition) is 3. The predicted molar refractivity (Wildman–Crippen MR) is 86.5 cm³/mol. The Balaban J connectivity index is 2.17. The van der Waals surface area contributed by atoms with Gasteiger partial charge in [0.05, 0.1) is 23.0 Å². The minimum atomic E-state index is -1.27. The molecule has 0 bridgehead atoms. The van der Waals surface area contributed by atoms with Crippen molar-refractivity contribution in [3.05, 3.63) is 29.3 Å². The van der Waals surface area contributed by atoms with Crippen molar-refractivity contribution in [3.63, 3.8) is 0 Å². The number of amides is 1. The normalized spacial score (nSPS) is 15.1. The Hall–Kier alpha value is -3.23. The Bertz CT molecular complexity index is 709. The maximum Gasteiger partial charge on any atom is 0.335 e. The Morgan fingerprint density at radius 3 is 2.38 bits per heavy atom. The Morgan fingerprint density at radius 2 is 1.83 bits per heavy atom. The number of rotatable bonds is 7. The summed E-state index contributed by atoms with van der Waals surface area (Å²) >= 11 is 0. The molecule has 2 rings (SSSR count). The lowest BCUT2D eigenvalue weighted by molar-refractivity contribution is -0.123. The number of anilines is 1. The summed E-state index contributed by atoms with van der Waals surface area (Å²) in [6.07, 6.45) is 3.03. The van der Waals surface area contributed by atoms with Crippen LogP contribution in [0.2, 0.25) is 0 Å². The van der Waals surface area contributed by atoms with Gasteiger partial charge < -0.3 is 10.2 Å². The molecule has 0 spiro atoms. The van der Waals surface area contributed by atoms with E-state index in [9.17, 15) is 14.4 Å². The summed E-state index contributed by atoms with van der Waals surface area (Å²) in [5.74, 6) is -2.90. The van der Waals surface area contributed by atoms with Gasteiger partial charge in [0.1, 0.15) is 0 Å². The van der Waals surface area contributed by atoms with Gasteiger partial charge in [0.2, 0.25) is 0 Å². The highest BCUT2D eigenvalue weighted by Crippen LogP contribution is 2.16. The van der Waals surface area contributed by atoms with Crippen LogP contribution in [0, 0.1) is 0 Å². The number of aromatic carboxylic acids is 2. The molecule has 1 heterocycles. The summed E-state index contributed by atoms with van der Waals surface area (Å²) in [4.78, 5) is 34.1. The largest absolute Gasteiger partial charge is 0.478 e. The van der Waals surface area contributed by atoms with Crippen LogP contribution in [0.15, 0.2) is 28.4 Å². The van der Waals surface area contributed by atoms with Crippen LogP contribution in [0.3, 0.4) is 0 Å². The van der Waals surface area contributed by atoms with Gasteiger partial charge in [-0.1, -0.05) is 13.3 Å². The average molecular weight is 332 g/mol. The van der Waals surface area contributed by atoms with Crippen molar-refractivity contribution < 1.29 is 24.6 Å². The van der Waals surface area contributed by atoms with Crippen molar-refractivity contribution >= 4 is 35.5 Å². The summed E-state index contributed by atoms with van der Waals surface area (Å²) in [6, 6.07) is 3.49. The van der Waals surface area contributed by atoms with Gasteiger partial charge in [-0.3, -0.25) is 10.2 Å². The summed E-state index contributed by atoms with van der Waals surface area (Å²) in [7, 11) is 0. The van der Waals surface area contributed by atoms with E-state index < -0.39 is 11.9 Å². The zero-order valence-electron chi connectivity index (χ0n) is 12.9. The monoisotopic (exact) mass is 332 g/mol. The second-order valence-corrected chi connectivity index (χ2v) is 5.04. The van der Waals surface area contributed by atoms with Crippen molar-refractivity contribution in [1.29, 1.82) is 0 Å². The molecule has 9 nitrogen and oxygen atoms in total. The fraction of sp³-hybridized carbons (Fsp3) is 0.267. The molecule has 0 radical (unpaired) electrons. The van der Waals surface area contributed by atoms with Crippen LogP contribution in [-0.4, -0.2) is 51.5 Å². The SMILES string of the molecule is CCCCN1N=CC(=NNc2cc(C(=O)O)cc(C(=O)O)c2)C1=O. The summed E-state index contributed by atoms with van der Waals surface area (Å²) in [5, 5.41) is 27.1. The average Bonchev–Trinajstić information content (AvgIpc) is 2.90. The number of hydrazone groups is 2. The molecule has 1 aliphatic heterocycles. The van der Waals surface area contributed by atoms with Gasteiger partial charge in [0.25, 0.3) is 5.91 Å². The first-order valence-electron chi connectivity index (χ1n) is 7.23. The third-order valence-corrected chi connectivity index (χ3v) is 3.23. The zero-order valence-corrected chi connectivity index (χ0v) is 12.9. The van der Waals surface area contributed by atoms with Crippen LogP contribution in [0.25, 0.3) is 0 Å². The molecule has 0 unspecified atom stereocenters. The molecule has 1 aromatic rings. The van der Waals surface area contributed by atoms with E-state index >= 15 is 0 Å². The van der Waals surface area contributed by atoms with Crippen LogP contribution in [0.1, 0.15) is 40.5 Å². The third-order valence-electron chi connectivity index (χ3n) is 3.23. The lowest BCUT2D eigenvalue weighted by Crippen LogP contribution is -2.27. The van der Waals surface area contributed by atoms with Gasteiger partial charge in [-0.2, -0.15) is 10.2 Å². The molecule has 0 aliphatic carbocycles. The van der Waals surface area contributed by atoms with Gasteiger partial charge in [0, 0.05) is 6.54 Å². The molecule has 24 heavy (non-hydrogen) atoms. The fourth-order valence-electron chi connectivity index (χ4n) is 1.97. The van der Waals surface area contributed by atoms with Crippen molar-refractivity contribution in [3.8, 4) is 0 Å². The molecule has 1 aromatic carbocycles. The van der Waals surface area contributed by atoms with Crippen LogP contribution in [-0.2, 0) is 4.79 Å². The van der Waals surface area contributed by atoms with Crippen LogP contribution >= 0.6 is 0 Å². The first-order chi connectivity index (χ1) is 11.4. The molecular weight excluding hydrogens is 316 g/mol. The number of carbonyl (C=O) groups is 3. The number of carboxylic acids is 2. The predicted octanol–water partition coefficient (Wildman–Crippen LogP) is 1.48. The van der Waals surface area contributed by atoms with E-state index in [1.165, 1.54) is 23.4 Å². The summed E-state index contributed by atoms with van der Waals surface area (Å²) < 4.78 is 0. The van der Waals surface area contributed by atoms with E-state index in [0.717, 1.165) is 18.9 Å². The smallest absolute Gasteiger partial charge is 0.335 e. The molecule has 1 amide bonds. The number of carbonyl (C=O) groups excluding carboxylic acids is 1. The minimum absolute atomic E-state index is 0.0590. The van der Waals surface area contributed by atoms with Gasteiger partial charge in [0.15, 0.2) is 5.71 Å². The second kappa shape index (κ2) is 7.36. The Kier molecular flexibility index (Phi) is 5.25. The highest BCUT2D eigenvalue weighted by Gasteiger charge is 2.23. The minimum Gasteiger partial charge on any atom is -0.478 e. The van der Waals surface area contributed by atoms with Gasteiger partial charge in [-0.05, 0) is 24.6 Å².